The third kappa shape index (κ3) is 1.21. The first-order valence-corrected chi connectivity index (χ1v) is 5.22. The van der Waals surface area contributed by atoms with E-state index in [1.54, 1.807) is 19.3 Å². The van der Waals surface area contributed by atoms with Crippen molar-refractivity contribution in [1.29, 1.82) is 0 Å². The van der Waals surface area contributed by atoms with E-state index in [0.29, 0.717) is 0 Å². The molecule has 2 unspecified atom stereocenters. The molecule has 0 amide bonds. The average molecular weight is 152 g/mol. The first-order valence-electron chi connectivity index (χ1n) is 5.22. The van der Waals surface area contributed by atoms with Gasteiger partial charge in [0.1, 0.15) is 0 Å². The van der Waals surface area contributed by atoms with E-state index in [4.69, 9.17) is 0 Å². The quantitative estimate of drug-likeness (QED) is 0.497. The SMILES string of the molecule is CC1CCC2(CCC2)CC1C. The Morgan fingerprint density at radius 2 is 1.73 bits per heavy atom. The van der Waals surface area contributed by atoms with Gasteiger partial charge in [0.25, 0.3) is 0 Å². The van der Waals surface area contributed by atoms with Crippen LogP contribution in [0.5, 0.6) is 0 Å². The highest BCUT2D eigenvalue weighted by molar-refractivity contribution is 4.93. The Kier molecular flexibility index (Phi) is 1.74. The molecule has 0 aromatic heterocycles. The van der Waals surface area contributed by atoms with E-state index >= 15 is 0 Å². The lowest BCUT2D eigenvalue weighted by Crippen LogP contribution is -2.37. The molecule has 1 spiro atoms. The van der Waals surface area contributed by atoms with Crippen LogP contribution in [-0.2, 0) is 0 Å². The second-order valence-electron chi connectivity index (χ2n) is 5.05. The molecule has 0 saturated heterocycles. The fourth-order valence-electron chi connectivity index (χ4n) is 2.94. The molecule has 64 valence electrons. The molecule has 0 nitrogen and oxygen atoms in total. The van der Waals surface area contributed by atoms with E-state index in [0.717, 1.165) is 17.3 Å². The van der Waals surface area contributed by atoms with Gasteiger partial charge >= 0.3 is 0 Å². The zero-order valence-corrected chi connectivity index (χ0v) is 7.90. The van der Waals surface area contributed by atoms with Crippen molar-refractivity contribution in [1.82, 2.24) is 0 Å². The van der Waals surface area contributed by atoms with Crippen molar-refractivity contribution in [2.24, 2.45) is 17.3 Å². The molecule has 2 atom stereocenters. The van der Waals surface area contributed by atoms with Crippen molar-refractivity contribution in [3.8, 4) is 0 Å². The molecule has 2 rings (SSSR count). The van der Waals surface area contributed by atoms with Crippen molar-refractivity contribution >= 4 is 0 Å². The van der Waals surface area contributed by atoms with Gasteiger partial charge < -0.3 is 0 Å². The summed E-state index contributed by atoms with van der Waals surface area (Å²) in [6, 6.07) is 0. The van der Waals surface area contributed by atoms with Crippen LogP contribution in [0.25, 0.3) is 0 Å². The van der Waals surface area contributed by atoms with Gasteiger partial charge in [-0.25, -0.2) is 0 Å². The summed E-state index contributed by atoms with van der Waals surface area (Å²) < 4.78 is 0. The Hall–Kier alpha value is 0. The third-order valence-corrected chi connectivity index (χ3v) is 4.27. The first kappa shape index (κ1) is 7.64. The van der Waals surface area contributed by atoms with Gasteiger partial charge in [0.15, 0.2) is 0 Å². The normalized spacial score (nSPS) is 42.0. The Morgan fingerprint density at radius 3 is 2.18 bits per heavy atom. The third-order valence-electron chi connectivity index (χ3n) is 4.27. The van der Waals surface area contributed by atoms with E-state index in [2.05, 4.69) is 13.8 Å². The zero-order chi connectivity index (χ0) is 7.90. The summed E-state index contributed by atoms with van der Waals surface area (Å²) in [4.78, 5) is 0. The van der Waals surface area contributed by atoms with Crippen molar-refractivity contribution in [3.05, 3.63) is 0 Å². The molecule has 0 aliphatic heterocycles. The van der Waals surface area contributed by atoms with Crippen LogP contribution in [0.4, 0.5) is 0 Å². The summed E-state index contributed by atoms with van der Waals surface area (Å²) in [5.41, 5.74) is 0.853. The summed E-state index contributed by atoms with van der Waals surface area (Å²) >= 11 is 0. The van der Waals surface area contributed by atoms with Gasteiger partial charge in [0.05, 0.1) is 0 Å². The Bertz CT molecular complexity index is 144. The van der Waals surface area contributed by atoms with Crippen LogP contribution >= 0.6 is 0 Å². The van der Waals surface area contributed by atoms with Gasteiger partial charge in [-0.15, -0.1) is 0 Å². The molecule has 0 radical (unpaired) electrons. The summed E-state index contributed by atoms with van der Waals surface area (Å²) in [6.45, 7) is 4.88. The van der Waals surface area contributed by atoms with E-state index in [9.17, 15) is 0 Å². The minimum absolute atomic E-state index is 0.853. The van der Waals surface area contributed by atoms with Gasteiger partial charge in [0.2, 0.25) is 0 Å². The number of rotatable bonds is 0. The molecule has 0 aromatic carbocycles. The minimum atomic E-state index is 0.853. The Balaban J connectivity index is 1.97. The standard InChI is InChI=1S/C11H20/c1-9-4-7-11(5-3-6-11)8-10(9)2/h9-10H,3-8H2,1-2H3. The molecule has 2 fully saturated rings. The average Bonchev–Trinajstić information content (AvgIpc) is 1.92. The van der Waals surface area contributed by atoms with Crippen molar-refractivity contribution in [2.75, 3.05) is 0 Å². The number of hydrogen-bond donors (Lipinski definition) is 0. The van der Waals surface area contributed by atoms with Gasteiger partial charge in [-0.1, -0.05) is 20.3 Å². The lowest BCUT2D eigenvalue weighted by molar-refractivity contribution is 0.0269. The van der Waals surface area contributed by atoms with Gasteiger partial charge in [-0.3, -0.25) is 0 Å². The summed E-state index contributed by atoms with van der Waals surface area (Å²) in [7, 11) is 0. The molecular weight excluding hydrogens is 132 g/mol. The maximum absolute atomic E-state index is 2.45. The van der Waals surface area contributed by atoms with E-state index < -0.39 is 0 Å². The fourth-order valence-corrected chi connectivity index (χ4v) is 2.94. The van der Waals surface area contributed by atoms with E-state index in [1.165, 1.54) is 19.3 Å². The van der Waals surface area contributed by atoms with Crippen LogP contribution < -0.4 is 0 Å². The van der Waals surface area contributed by atoms with Gasteiger partial charge in [0, 0.05) is 0 Å². The molecule has 11 heavy (non-hydrogen) atoms. The van der Waals surface area contributed by atoms with Crippen molar-refractivity contribution < 1.29 is 0 Å². The smallest absolute Gasteiger partial charge is 0.0295 e. The predicted octanol–water partition coefficient (Wildman–Crippen LogP) is 3.61. The highest BCUT2D eigenvalue weighted by atomic mass is 14.5. The van der Waals surface area contributed by atoms with Gasteiger partial charge in [-0.05, 0) is 49.4 Å². The highest BCUT2D eigenvalue weighted by Crippen LogP contribution is 2.54. The molecule has 0 heteroatoms. The summed E-state index contributed by atoms with van der Waals surface area (Å²) in [6.07, 6.45) is 9.18. The van der Waals surface area contributed by atoms with E-state index in [1.807, 2.05) is 0 Å². The van der Waals surface area contributed by atoms with E-state index in [-0.39, 0.29) is 0 Å². The van der Waals surface area contributed by atoms with Crippen LogP contribution in [0.15, 0.2) is 0 Å². The molecule has 2 aliphatic rings. The molecule has 2 aliphatic carbocycles. The lowest BCUT2D eigenvalue weighted by atomic mass is 9.57. The van der Waals surface area contributed by atoms with Crippen LogP contribution in [0.2, 0.25) is 0 Å². The maximum atomic E-state index is 2.45. The topological polar surface area (TPSA) is 0 Å². The number of hydrogen-bond acceptors (Lipinski definition) is 0. The molecule has 2 saturated carbocycles. The molecule has 0 N–H and O–H groups in total. The maximum Gasteiger partial charge on any atom is -0.0295 e. The van der Waals surface area contributed by atoms with Crippen LogP contribution in [0.1, 0.15) is 52.4 Å². The van der Waals surface area contributed by atoms with Crippen LogP contribution in [-0.4, -0.2) is 0 Å². The predicted molar refractivity (Wildman–Crippen MR) is 48.5 cm³/mol. The minimum Gasteiger partial charge on any atom is -0.0623 e. The largest absolute Gasteiger partial charge is 0.0623 e. The summed E-state index contributed by atoms with van der Waals surface area (Å²) in [5, 5.41) is 0. The second kappa shape index (κ2) is 2.50. The van der Waals surface area contributed by atoms with Crippen LogP contribution in [0.3, 0.4) is 0 Å². The molecule has 0 aromatic rings. The Morgan fingerprint density at radius 1 is 1.00 bits per heavy atom. The zero-order valence-electron chi connectivity index (χ0n) is 7.90. The first-order chi connectivity index (χ1) is 5.22. The molecular formula is C11H20. The second-order valence-corrected chi connectivity index (χ2v) is 5.05. The lowest BCUT2D eigenvalue weighted by Gasteiger charge is -2.49. The fraction of sp³-hybridized carbons (Fsp3) is 1.00. The van der Waals surface area contributed by atoms with Crippen molar-refractivity contribution in [2.45, 2.75) is 52.4 Å². The highest BCUT2D eigenvalue weighted by Gasteiger charge is 2.41. The monoisotopic (exact) mass is 152 g/mol. The van der Waals surface area contributed by atoms with Crippen LogP contribution in [0, 0.1) is 17.3 Å². The molecule has 0 bridgehead atoms. The molecule has 0 heterocycles. The summed E-state index contributed by atoms with van der Waals surface area (Å²) in [5.74, 6) is 2.00. The van der Waals surface area contributed by atoms with Crippen molar-refractivity contribution in [3.63, 3.8) is 0 Å². The van der Waals surface area contributed by atoms with Gasteiger partial charge in [-0.2, -0.15) is 0 Å². The Labute approximate surface area is 70.4 Å².